The van der Waals surface area contributed by atoms with E-state index in [0.717, 1.165) is 11.1 Å². The number of rotatable bonds is 7. The summed E-state index contributed by atoms with van der Waals surface area (Å²) in [4.78, 5) is 28.7. The summed E-state index contributed by atoms with van der Waals surface area (Å²) in [7, 11) is 0. The minimum atomic E-state index is -2.96. The zero-order valence-corrected chi connectivity index (χ0v) is 16.8. The molecule has 1 aliphatic rings. The van der Waals surface area contributed by atoms with Crippen LogP contribution in [0.25, 0.3) is 0 Å². The minimum Gasteiger partial charge on any atom is -0.433 e. The first kappa shape index (κ1) is 21.7. The summed E-state index contributed by atoms with van der Waals surface area (Å²) in [5.74, 6) is -0.320. The molecule has 0 atom stereocenters. The molecule has 0 unspecified atom stereocenters. The van der Waals surface area contributed by atoms with Gasteiger partial charge in [0.25, 0.3) is 0 Å². The Labute approximate surface area is 174 Å². The van der Waals surface area contributed by atoms with Crippen molar-refractivity contribution >= 4 is 17.5 Å². The van der Waals surface area contributed by atoms with E-state index >= 15 is 0 Å². The Morgan fingerprint density at radius 2 is 1.70 bits per heavy atom. The van der Waals surface area contributed by atoms with Gasteiger partial charge in [-0.05, 0) is 30.2 Å². The second-order valence-corrected chi connectivity index (χ2v) is 7.18. The lowest BCUT2D eigenvalue weighted by Crippen LogP contribution is -2.50. The van der Waals surface area contributed by atoms with Gasteiger partial charge < -0.3 is 15.0 Å². The molecule has 1 aliphatic heterocycles. The second kappa shape index (κ2) is 10.2. The normalized spacial score (nSPS) is 14.6. The number of hydrogen-bond donors (Lipinski definition) is 1. The third kappa shape index (κ3) is 6.00. The lowest BCUT2D eigenvalue weighted by molar-refractivity contribution is -0.132. The molecular formula is C22H25F2N3O3. The van der Waals surface area contributed by atoms with Gasteiger partial charge in [-0.3, -0.25) is 14.5 Å². The summed E-state index contributed by atoms with van der Waals surface area (Å²) in [6.07, 6.45) is 0.369. The number of aryl methyl sites for hydroxylation is 1. The van der Waals surface area contributed by atoms with Crippen LogP contribution < -0.4 is 10.1 Å². The quantitative estimate of drug-likeness (QED) is 0.753. The highest BCUT2D eigenvalue weighted by molar-refractivity contribution is 5.93. The summed E-state index contributed by atoms with van der Waals surface area (Å²) in [6, 6.07) is 13.9. The molecule has 2 aromatic carbocycles. The van der Waals surface area contributed by atoms with Crippen molar-refractivity contribution in [2.24, 2.45) is 0 Å². The number of nitrogens with zero attached hydrogens (tertiary/aromatic N) is 2. The summed E-state index contributed by atoms with van der Waals surface area (Å²) >= 11 is 0. The molecule has 1 saturated heterocycles. The third-order valence-corrected chi connectivity index (χ3v) is 5.07. The fourth-order valence-electron chi connectivity index (χ4n) is 3.40. The molecular weight excluding hydrogens is 392 g/mol. The van der Waals surface area contributed by atoms with Gasteiger partial charge in [-0.15, -0.1) is 0 Å². The van der Waals surface area contributed by atoms with E-state index < -0.39 is 6.61 Å². The fourth-order valence-corrected chi connectivity index (χ4v) is 3.40. The van der Waals surface area contributed by atoms with Crippen LogP contribution in [0, 0.1) is 6.92 Å². The second-order valence-electron chi connectivity index (χ2n) is 7.18. The monoisotopic (exact) mass is 417 g/mol. The van der Waals surface area contributed by atoms with E-state index in [4.69, 9.17) is 0 Å². The van der Waals surface area contributed by atoms with Crippen LogP contribution in [0.2, 0.25) is 0 Å². The van der Waals surface area contributed by atoms with E-state index in [1.54, 1.807) is 12.1 Å². The lowest BCUT2D eigenvalue weighted by Gasteiger charge is -2.34. The molecule has 0 bridgehead atoms. The number of anilines is 1. The highest BCUT2D eigenvalue weighted by atomic mass is 19.3. The number of piperazine rings is 1. The van der Waals surface area contributed by atoms with E-state index in [0.29, 0.717) is 32.6 Å². The van der Waals surface area contributed by atoms with E-state index in [1.165, 1.54) is 12.1 Å². The highest BCUT2D eigenvalue weighted by Gasteiger charge is 2.23. The molecule has 0 aromatic heterocycles. The summed E-state index contributed by atoms with van der Waals surface area (Å²) in [5, 5.41) is 2.62. The Morgan fingerprint density at radius 3 is 2.40 bits per heavy atom. The largest absolute Gasteiger partial charge is 0.433 e. The van der Waals surface area contributed by atoms with Crippen molar-refractivity contribution in [2.45, 2.75) is 20.0 Å². The Hall–Kier alpha value is -3.00. The van der Waals surface area contributed by atoms with Crippen LogP contribution in [0.1, 0.15) is 11.1 Å². The first-order chi connectivity index (χ1) is 14.4. The Morgan fingerprint density at radius 1 is 1.03 bits per heavy atom. The summed E-state index contributed by atoms with van der Waals surface area (Å²) in [6.45, 7) is 1.37. The zero-order chi connectivity index (χ0) is 21.5. The lowest BCUT2D eigenvalue weighted by atomic mass is 10.1. The van der Waals surface area contributed by atoms with E-state index in [1.807, 2.05) is 41.0 Å². The van der Waals surface area contributed by atoms with Crippen LogP contribution in [-0.2, 0) is 16.0 Å². The first-order valence-electron chi connectivity index (χ1n) is 9.80. The molecule has 6 nitrogen and oxygen atoms in total. The van der Waals surface area contributed by atoms with Gasteiger partial charge in [0.2, 0.25) is 11.8 Å². The molecule has 1 heterocycles. The summed E-state index contributed by atoms with van der Waals surface area (Å²) in [5.41, 5.74) is 2.32. The highest BCUT2D eigenvalue weighted by Crippen LogP contribution is 2.25. The first-order valence-corrected chi connectivity index (χ1v) is 9.80. The smallest absolute Gasteiger partial charge is 0.387 e. The molecule has 2 amide bonds. The maximum Gasteiger partial charge on any atom is 0.387 e. The number of nitrogens with one attached hydrogen (secondary N) is 1. The van der Waals surface area contributed by atoms with Crippen molar-refractivity contribution in [3.63, 3.8) is 0 Å². The van der Waals surface area contributed by atoms with Crippen molar-refractivity contribution in [2.75, 3.05) is 38.0 Å². The van der Waals surface area contributed by atoms with Gasteiger partial charge in [0, 0.05) is 26.2 Å². The van der Waals surface area contributed by atoms with Crippen LogP contribution in [-0.4, -0.2) is 60.9 Å². The summed E-state index contributed by atoms with van der Waals surface area (Å²) < 4.78 is 29.4. The molecule has 0 spiro atoms. The standard InChI is InChI=1S/C22H25F2N3O3/c1-16-6-2-3-7-17(16)14-21(29)27-12-10-26(11-13-27)15-20(28)25-18-8-4-5-9-19(18)30-22(23)24/h2-9,22H,10-15H2,1H3,(H,25,28). The molecule has 0 saturated carbocycles. The Balaban J connectivity index is 1.47. The molecule has 3 rings (SSSR count). The topological polar surface area (TPSA) is 61.9 Å². The van der Waals surface area contributed by atoms with Gasteiger partial charge in [0.1, 0.15) is 5.75 Å². The van der Waals surface area contributed by atoms with Gasteiger partial charge in [0.05, 0.1) is 18.7 Å². The molecule has 30 heavy (non-hydrogen) atoms. The van der Waals surface area contributed by atoms with Crippen molar-refractivity contribution in [1.82, 2.24) is 9.80 Å². The van der Waals surface area contributed by atoms with Gasteiger partial charge in [-0.2, -0.15) is 8.78 Å². The number of hydrogen-bond acceptors (Lipinski definition) is 4. The molecule has 160 valence electrons. The van der Waals surface area contributed by atoms with Crippen molar-refractivity contribution < 1.29 is 23.1 Å². The average Bonchev–Trinajstić information content (AvgIpc) is 2.71. The predicted molar refractivity (Wildman–Crippen MR) is 110 cm³/mol. The van der Waals surface area contributed by atoms with Gasteiger partial charge in [-0.25, -0.2) is 0 Å². The van der Waals surface area contributed by atoms with E-state index in [-0.39, 0.29) is 29.8 Å². The third-order valence-electron chi connectivity index (χ3n) is 5.07. The maximum absolute atomic E-state index is 12.6. The minimum absolute atomic E-state index is 0.0754. The van der Waals surface area contributed by atoms with Crippen LogP contribution in [0.4, 0.5) is 14.5 Å². The van der Waals surface area contributed by atoms with E-state index in [2.05, 4.69) is 10.1 Å². The molecule has 1 N–H and O–H groups in total. The molecule has 1 fully saturated rings. The van der Waals surface area contributed by atoms with Gasteiger partial charge in [0.15, 0.2) is 0 Å². The number of para-hydroxylation sites is 2. The van der Waals surface area contributed by atoms with Crippen molar-refractivity contribution in [3.8, 4) is 5.75 Å². The average molecular weight is 417 g/mol. The number of ether oxygens (including phenoxy) is 1. The van der Waals surface area contributed by atoms with Gasteiger partial charge in [-0.1, -0.05) is 36.4 Å². The number of carbonyl (C=O) groups is 2. The number of carbonyl (C=O) groups excluding carboxylic acids is 2. The van der Waals surface area contributed by atoms with Crippen molar-refractivity contribution in [3.05, 3.63) is 59.7 Å². The van der Waals surface area contributed by atoms with Crippen LogP contribution in [0.3, 0.4) is 0 Å². The van der Waals surface area contributed by atoms with Gasteiger partial charge >= 0.3 is 6.61 Å². The fraction of sp³-hybridized carbons (Fsp3) is 0.364. The number of benzene rings is 2. The molecule has 2 aromatic rings. The number of alkyl halides is 2. The van der Waals surface area contributed by atoms with Crippen LogP contribution in [0.15, 0.2) is 48.5 Å². The van der Waals surface area contributed by atoms with Crippen molar-refractivity contribution in [1.29, 1.82) is 0 Å². The Bertz CT molecular complexity index is 883. The Kier molecular flexibility index (Phi) is 7.35. The number of amides is 2. The SMILES string of the molecule is Cc1ccccc1CC(=O)N1CCN(CC(=O)Nc2ccccc2OC(F)F)CC1. The van der Waals surface area contributed by atoms with Crippen LogP contribution in [0.5, 0.6) is 5.75 Å². The molecule has 0 radical (unpaired) electrons. The van der Waals surface area contributed by atoms with E-state index in [9.17, 15) is 18.4 Å². The predicted octanol–water partition coefficient (Wildman–Crippen LogP) is 2.92. The zero-order valence-electron chi connectivity index (χ0n) is 16.8. The maximum atomic E-state index is 12.6. The molecule has 8 heteroatoms. The molecule has 0 aliphatic carbocycles. The van der Waals surface area contributed by atoms with Crippen LogP contribution >= 0.6 is 0 Å². The number of halogens is 2.